The highest BCUT2D eigenvalue weighted by molar-refractivity contribution is 5.89. The molecule has 0 spiro atoms. The van der Waals surface area contributed by atoms with E-state index in [1.165, 1.54) is 4.68 Å². The van der Waals surface area contributed by atoms with Crippen LogP contribution in [0.3, 0.4) is 0 Å². The molecule has 0 aliphatic rings. The molecule has 8 heteroatoms. The number of hydrogen-bond acceptors (Lipinski definition) is 5. The van der Waals surface area contributed by atoms with E-state index in [-0.39, 0.29) is 6.54 Å². The monoisotopic (exact) mass is 248 g/mol. The molecule has 1 N–H and O–H groups in total. The number of carboxylic acids is 1. The Morgan fingerprint density at radius 1 is 1.50 bits per heavy atom. The molecule has 0 saturated carbocycles. The molecule has 2 aromatic heterocycles. The molecule has 2 aromatic rings. The van der Waals surface area contributed by atoms with Crippen LogP contribution in [0.25, 0.3) is 0 Å². The summed E-state index contributed by atoms with van der Waals surface area (Å²) in [4.78, 5) is 24.7. The van der Waals surface area contributed by atoms with Crippen LogP contribution in [0.15, 0.2) is 30.6 Å². The Morgan fingerprint density at radius 2 is 2.28 bits per heavy atom. The molecule has 0 fully saturated rings. The van der Waals surface area contributed by atoms with E-state index in [1.807, 2.05) is 0 Å². The number of carboxylic acid groups (broad SMARTS) is 1. The maximum atomic E-state index is 10.8. The lowest BCUT2D eigenvalue weighted by Crippen LogP contribution is -2.05. The molecule has 0 bridgehead atoms. The van der Waals surface area contributed by atoms with Gasteiger partial charge in [0.2, 0.25) is 5.69 Å². The van der Waals surface area contributed by atoms with Crippen LogP contribution in [0.5, 0.6) is 0 Å². The summed E-state index contributed by atoms with van der Waals surface area (Å²) in [6.07, 6.45) is 2.66. The zero-order valence-electron chi connectivity index (χ0n) is 9.05. The fraction of sp³-hybridized carbons (Fsp3) is 0.100. The molecule has 8 nitrogen and oxygen atoms in total. The summed E-state index contributed by atoms with van der Waals surface area (Å²) in [5, 5.41) is 23.1. The SMILES string of the molecule is O=C(O)c1nn(Cc2ccccn2)cc1[N+](=O)[O-]. The third kappa shape index (κ3) is 2.32. The van der Waals surface area contributed by atoms with Crippen LogP contribution < -0.4 is 0 Å². The van der Waals surface area contributed by atoms with E-state index in [0.29, 0.717) is 5.69 Å². The largest absolute Gasteiger partial charge is 0.476 e. The summed E-state index contributed by atoms with van der Waals surface area (Å²) in [7, 11) is 0. The fourth-order valence-corrected chi connectivity index (χ4v) is 1.44. The molecule has 2 heterocycles. The van der Waals surface area contributed by atoms with Gasteiger partial charge >= 0.3 is 11.7 Å². The minimum atomic E-state index is -1.43. The van der Waals surface area contributed by atoms with E-state index in [9.17, 15) is 14.9 Å². The zero-order valence-corrected chi connectivity index (χ0v) is 9.05. The van der Waals surface area contributed by atoms with E-state index in [0.717, 1.165) is 6.20 Å². The number of rotatable bonds is 4. The smallest absolute Gasteiger partial charge is 0.363 e. The summed E-state index contributed by atoms with van der Waals surface area (Å²) in [6.45, 7) is 0.176. The molecule has 0 radical (unpaired) electrons. The Labute approximate surface area is 101 Å². The number of nitrogens with zero attached hydrogens (tertiary/aromatic N) is 4. The van der Waals surface area contributed by atoms with Gasteiger partial charge in [-0.2, -0.15) is 5.10 Å². The van der Waals surface area contributed by atoms with Crippen LogP contribution in [0.2, 0.25) is 0 Å². The van der Waals surface area contributed by atoms with E-state index in [4.69, 9.17) is 5.11 Å². The standard InChI is InChI=1S/C10H8N4O4/c15-10(16)9-8(14(17)18)6-13(12-9)5-7-3-1-2-4-11-7/h1-4,6H,5H2,(H,15,16). The number of hydrogen-bond donors (Lipinski definition) is 1. The molecule has 0 saturated heterocycles. The summed E-state index contributed by atoms with van der Waals surface area (Å²) in [5.74, 6) is -1.43. The van der Waals surface area contributed by atoms with Gasteiger partial charge in [0.15, 0.2) is 0 Å². The first-order valence-electron chi connectivity index (χ1n) is 4.93. The molecule has 0 amide bonds. The van der Waals surface area contributed by atoms with Crippen molar-refractivity contribution in [3.63, 3.8) is 0 Å². The zero-order chi connectivity index (χ0) is 13.1. The van der Waals surface area contributed by atoms with Gasteiger partial charge in [0.1, 0.15) is 6.20 Å². The third-order valence-electron chi connectivity index (χ3n) is 2.19. The third-order valence-corrected chi connectivity index (χ3v) is 2.19. The first-order valence-corrected chi connectivity index (χ1v) is 4.93. The minimum Gasteiger partial charge on any atom is -0.476 e. The second-order valence-corrected chi connectivity index (χ2v) is 3.44. The number of nitro groups is 1. The average molecular weight is 248 g/mol. The minimum absolute atomic E-state index is 0.176. The van der Waals surface area contributed by atoms with Crippen LogP contribution in [0.4, 0.5) is 5.69 Å². The van der Waals surface area contributed by atoms with Crippen molar-refractivity contribution in [2.45, 2.75) is 6.54 Å². The average Bonchev–Trinajstić information content (AvgIpc) is 2.74. The normalized spacial score (nSPS) is 10.2. The first kappa shape index (κ1) is 11.7. The van der Waals surface area contributed by atoms with Crippen molar-refractivity contribution < 1.29 is 14.8 Å². The maximum Gasteiger partial charge on any atom is 0.363 e. The quantitative estimate of drug-likeness (QED) is 0.636. The fourth-order valence-electron chi connectivity index (χ4n) is 1.44. The van der Waals surface area contributed by atoms with Crippen molar-refractivity contribution in [1.82, 2.24) is 14.8 Å². The van der Waals surface area contributed by atoms with Crippen LogP contribution >= 0.6 is 0 Å². The molecule has 0 unspecified atom stereocenters. The number of pyridine rings is 1. The van der Waals surface area contributed by atoms with Gasteiger partial charge in [-0.3, -0.25) is 19.8 Å². The summed E-state index contributed by atoms with van der Waals surface area (Å²) >= 11 is 0. The van der Waals surface area contributed by atoms with Crippen LogP contribution in [-0.2, 0) is 6.54 Å². The lowest BCUT2D eigenvalue weighted by atomic mass is 10.3. The van der Waals surface area contributed by atoms with Crippen LogP contribution in [-0.4, -0.2) is 30.8 Å². The number of aromatic nitrogens is 3. The van der Waals surface area contributed by atoms with Crippen molar-refractivity contribution in [3.05, 3.63) is 52.1 Å². The molecule has 0 atom stereocenters. The van der Waals surface area contributed by atoms with Gasteiger partial charge in [0.05, 0.1) is 17.2 Å². The molecule has 0 aliphatic heterocycles. The lowest BCUT2D eigenvalue weighted by Gasteiger charge is -1.98. The Hall–Kier alpha value is -2.77. The maximum absolute atomic E-state index is 10.8. The van der Waals surface area contributed by atoms with Crippen LogP contribution in [0, 0.1) is 10.1 Å². The van der Waals surface area contributed by atoms with Crippen LogP contribution in [0.1, 0.15) is 16.2 Å². The summed E-state index contributed by atoms with van der Waals surface area (Å²) < 4.78 is 1.18. The van der Waals surface area contributed by atoms with Gasteiger partial charge in [0.25, 0.3) is 0 Å². The van der Waals surface area contributed by atoms with Gasteiger partial charge in [-0.15, -0.1) is 0 Å². The predicted octanol–water partition coefficient (Wildman–Crippen LogP) is 0.933. The molecule has 0 aromatic carbocycles. The van der Waals surface area contributed by atoms with Gasteiger partial charge in [-0.1, -0.05) is 6.07 Å². The van der Waals surface area contributed by atoms with E-state index >= 15 is 0 Å². The van der Waals surface area contributed by atoms with Gasteiger partial charge in [-0.05, 0) is 12.1 Å². The van der Waals surface area contributed by atoms with E-state index in [2.05, 4.69) is 10.1 Å². The highest BCUT2D eigenvalue weighted by atomic mass is 16.6. The van der Waals surface area contributed by atoms with Crippen molar-refractivity contribution in [1.29, 1.82) is 0 Å². The highest BCUT2D eigenvalue weighted by Gasteiger charge is 2.25. The second kappa shape index (κ2) is 4.62. The van der Waals surface area contributed by atoms with Crippen molar-refractivity contribution in [3.8, 4) is 0 Å². The predicted molar refractivity (Wildman–Crippen MR) is 59.2 cm³/mol. The number of carbonyl (C=O) groups is 1. The lowest BCUT2D eigenvalue weighted by molar-refractivity contribution is -0.385. The highest BCUT2D eigenvalue weighted by Crippen LogP contribution is 2.17. The molecule has 92 valence electrons. The Bertz CT molecular complexity index is 562. The Kier molecular flexibility index (Phi) is 3.00. The summed E-state index contributed by atoms with van der Waals surface area (Å²) in [5.41, 5.74) is -0.471. The molecular weight excluding hydrogens is 240 g/mol. The van der Waals surface area contributed by atoms with Crippen molar-refractivity contribution in [2.75, 3.05) is 0 Å². The van der Waals surface area contributed by atoms with Gasteiger partial charge < -0.3 is 5.11 Å². The molecule has 0 aliphatic carbocycles. The number of aromatic carboxylic acids is 1. The Balaban J connectivity index is 2.33. The molecular formula is C10H8N4O4. The van der Waals surface area contributed by atoms with E-state index < -0.39 is 22.3 Å². The van der Waals surface area contributed by atoms with Gasteiger partial charge in [0, 0.05) is 6.20 Å². The summed E-state index contributed by atoms with van der Waals surface area (Å²) in [6, 6.07) is 5.21. The second-order valence-electron chi connectivity index (χ2n) is 3.44. The van der Waals surface area contributed by atoms with Crippen molar-refractivity contribution in [2.24, 2.45) is 0 Å². The Morgan fingerprint density at radius 3 is 2.78 bits per heavy atom. The first-order chi connectivity index (χ1) is 8.58. The molecule has 18 heavy (non-hydrogen) atoms. The molecule has 2 rings (SSSR count). The van der Waals surface area contributed by atoms with E-state index in [1.54, 1.807) is 24.4 Å². The van der Waals surface area contributed by atoms with Gasteiger partial charge in [-0.25, -0.2) is 4.79 Å². The topological polar surface area (TPSA) is 111 Å². The van der Waals surface area contributed by atoms with Crippen molar-refractivity contribution >= 4 is 11.7 Å².